The van der Waals surface area contributed by atoms with Gasteiger partial charge in [-0.2, -0.15) is 0 Å². The van der Waals surface area contributed by atoms with E-state index < -0.39 is 0 Å². The van der Waals surface area contributed by atoms with E-state index in [2.05, 4.69) is 41.5 Å². The van der Waals surface area contributed by atoms with Gasteiger partial charge in [0.15, 0.2) is 0 Å². The molecule has 0 radical (unpaired) electrons. The van der Waals surface area contributed by atoms with Gasteiger partial charge in [-0.05, 0) is 30.1 Å². The third-order valence-electron chi connectivity index (χ3n) is 4.70. The fourth-order valence-electron chi connectivity index (χ4n) is 3.04. The van der Waals surface area contributed by atoms with Crippen molar-refractivity contribution in [2.24, 2.45) is 17.3 Å². The highest BCUT2D eigenvalue weighted by molar-refractivity contribution is 4.82. The second-order valence-corrected chi connectivity index (χ2v) is 5.97. The van der Waals surface area contributed by atoms with Crippen LogP contribution in [0, 0.1) is 17.3 Å². The molecule has 98 valence electrons. The van der Waals surface area contributed by atoms with Crippen molar-refractivity contribution in [3.05, 3.63) is 0 Å². The molecule has 0 spiro atoms. The molecule has 0 fully saturated rings. The number of rotatable bonds is 9. The molecule has 0 N–H and O–H groups in total. The summed E-state index contributed by atoms with van der Waals surface area (Å²) < 4.78 is 0. The van der Waals surface area contributed by atoms with Crippen molar-refractivity contribution in [3.8, 4) is 0 Å². The first kappa shape index (κ1) is 16.0. The summed E-state index contributed by atoms with van der Waals surface area (Å²) >= 11 is 0. The Bertz CT molecular complexity index is 161. The van der Waals surface area contributed by atoms with Gasteiger partial charge in [0.25, 0.3) is 0 Å². The van der Waals surface area contributed by atoms with Crippen molar-refractivity contribution in [2.45, 2.75) is 86.5 Å². The first-order valence-corrected chi connectivity index (χ1v) is 7.53. The van der Waals surface area contributed by atoms with Gasteiger partial charge in [-0.15, -0.1) is 0 Å². The highest BCUT2D eigenvalue weighted by Gasteiger charge is 2.31. The van der Waals surface area contributed by atoms with Crippen LogP contribution < -0.4 is 0 Å². The zero-order chi connectivity index (χ0) is 12.6. The molecular weight excluding hydrogens is 192 g/mol. The highest BCUT2D eigenvalue weighted by Crippen LogP contribution is 2.42. The lowest BCUT2D eigenvalue weighted by Crippen LogP contribution is -2.28. The normalized spacial score (nSPS) is 19.1. The number of hydrogen-bond acceptors (Lipinski definition) is 0. The minimum absolute atomic E-state index is 0.583. The molecule has 0 saturated carbocycles. The maximum Gasteiger partial charge on any atom is -0.0298 e. The van der Waals surface area contributed by atoms with Gasteiger partial charge >= 0.3 is 0 Å². The highest BCUT2D eigenvalue weighted by atomic mass is 14.4. The van der Waals surface area contributed by atoms with E-state index in [0.717, 1.165) is 11.8 Å². The quantitative estimate of drug-likeness (QED) is 0.448. The third kappa shape index (κ3) is 4.89. The molecule has 0 heterocycles. The molecule has 0 aromatic carbocycles. The molecule has 0 heteroatoms. The molecule has 0 saturated heterocycles. The van der Waals surface area contributed by atoms with Gasteiger partial charge in [-0.3, -0.25) is 0 Å². The molecular formula is C16H34. The molecule has 0 aromatic rings. The molecule has 0 amide bonds. The summed E-state index contributed by atoms with van der Waals surface area (Å²) in [4.78, 5) is 0. The minimum Gasteiger partial charge on any atom is -0.0654 e. The van der Waals surface area contributed by atoms with Crippen molar-refractivity contribution in [1.82, 2.24) is 0 Å². The van der Waals surface area contributed by atoms with Crippen LogP contribution in [0.25, 0.3) is 0 Å². The van der Waals surface area contributed by atoms with Crippen LogP contribution in [0.4, 0.5) is 0 Å². The van der Waals surface area contributed by atoms with E-state index in [1.165, 1.54) is 44.9 Å². The summed E-state index contributed by atoms with van der Waals surface area (Å²) in [5.74, 6) is 1.83. The summed E-state index contributed by atoms with van der Waals surface area (Å²) in [7, 11) is 0. The largest absolute Gasteiger partial charge is 0.0654 e. The second kappa shape index (κ2) is 8.14. The number of hydrogen-bond donors (Lipinski definition) is 0. The summed E-state index contributed by atoms with van der Waals surface area (Å²) in [6.07, 6.45) is 9.66. The molecule has 3 unspecified atom stereocenters. The number of unbranched alkanes of at least 4 members (excludes halogenated alkanes) is 1. The summed E-state index contributed by atoms with van der Waals surface area (Å²) in [6.45, 7) is 14.4. The molecule has 0 rings (SSSR count). The van der Waals surface area contributed by atoms with Gasteiger partial charge in [-0.1, -0.05) is 73.6 Å². The van der Waals surface area contributed by atoms with Crippen LogP contribution in [-0.2, 0) is 0 Å². The van der Waals surface area contributed by atoms with Crippen LogP contribution in [0.2, 0.25) is 0 Å². The van der Waals surface area contributed by atoms with E-state index >= 15 is 0 Å². The molecule has 0 aliphatic carbocycles. The molecule has 16 heavy (non-hydrogen) atoms. The van der Waals surface area contributed by atoms with Gasteiger partial charge in [0.2, 0.25) is 0 Å². The Balaban J connectivity index is 4.47. The van der Waals surface area contributed by atoms with E-state index in [0.29, 0.717) is 5.41 Å². The Morgan fingerprint density at radius 2 is 1.62 bits per heavy atom. The van der Waals surface area contributed by atoms with Crippen molar-refractivity contribution in [3.63, 3.8) is 0 Å². The first-order chi connectivity index (χ1) is 7.53. The summed E-state index contributed by atoms with van der Waals surface area (Å²) in [6, 6.07) is 0. The molecule has 0 bridgehead atoms. The Morgan fingerprint density at radius 1 is 1.00 bits per heavy atom. The molecule has 0 nitrogen and oxygen atoms in total. The van der Waals surface area contributed by atoms with Crippen LogP contribution in [0.3, 0.4) is 0 Å². The maximum absolute atomic E-state index is 2.53. The van der Waals surface area contributed by atoms with Gasteiger partial charge in [0.1, 0.15) is 0 Å². The molecule has 0 aliphatic heterocycles. The topological polar surface area (TPSA) is 0 Å². The van der Waals surface area contributed by atoms with Gasteiger partial charge in [-0.25, -0.2) is 0 Å². The zero-order valence-corrected chi connectivity index (χ0v) is 12.6. The van der Waals surface area contributed by atoms with E-state index in [9.17, 15) is 0 Å². The fourth-order valence-corrected chi connectivity index (χ4v) is 3.04. The minimum atomic E-state index is 0.583. The molecule has 0 aliphatic rings. The Morgan fingerprint density at radius 3 is 2.00 bits per heavy atom. The van der Waals surface area contributed by atoms with Crippen LogP contribution in [0.15, 0.2) is 0 Å². The third-order valence-corrected chi connectivity index (χ3v) is 4.70. The molecule has 0 aromatic heterocycles. The van der Waals surface area contributed by atoms with Gasteiger partial charge in [0.05, 0.1) is 0 Å². The van der Waals surface area contributed by atoms with Crippen molar-refractivity contribution in [1.29, 1.82) is 0 Å². The smallest absolute Gasteiger partial charge is 0.0298 e. The van der Waals surface area contributed by atoms with Crippen LogP contribution in [-0.4, -0.2) is 0 Å². The summed E-state index contributed by atoms with van der Waals surface area (Å²) in [5, 5.41) is 0. The average molecular weight is 226 g/mol. The summed E-state index contributed by atoms with van der Waals surface area (Å²) in [5.41, 5.74) is 0.583. The Hall–Kier alpha value is 0. The zero-order valence-electron chi connectivity index (χ0n) is 12.6. The van der Waals surface area contributed by atoms with E-state index in [1.54, 1.807) is 0 Å². The first-order valence-electron chi connectivity index (χ1n) is 7.53. The Kier molecular flexibility index (Phi) is 8.14. The maximum atomic E-state index is 2.53. The average Bonchev–Trinajstić information content (AvgIpc) is 2.29. The van der Waals surface area contributed by atoms with E-state index in [1.807, 2.05) is 0 Å². The lowest BCUT2D eigenvalue weighted by Gasteiger charge is -2.39. The SMILES string of the molecule is CCCCC(CC)C(C)(CC)CC(C)CC. The van der Waals surface area contributed by atoms with Gasteiger partial charge in [0, 0.05) is 0 Å². The Labute approximate surface area is 104 Å². The monoisotopic (exact) mass is 226 g/mol. The van der Waals surface area contributed by atoms with Gasteiger partial charge < -0.3 is 0 Å². The fraction of sp³-hybridized carbons (Fsp3) is 1.00. The second-order valence-electron chi connectivity index (χ2n) is 5.97. The van der Waals surface area contributed by atoms with Crippen LogP contribution >= 0.6 is 0 Å². The molecule has 3 atom stereocenters. The van der Waals surface area contributed by atoms with Crippen molar-refractivity contribution < 1.29 is 0 Å². The lowest BCUT2D eigenvalue weighted by molar-refractivity contribution is 0.118. The lowest BCUT2D eigenvalue weighted by atomic mass is 9.67. The van der Waals surface area contributed by atoms with E-state index in [-0.39, 0.29) is 0 Å². The predicted octanol–water partition coefficient (Wildman–Crippen LogP) is 6.06. The van der Waals surface area contributed by atoms with Crippen molar-refractivity contribution in [2.75, 3.05) is 0 Å². The van der Waals surface area contributed by atoms with Crippen LogP contribution in [0.5, 0.6) is 0 Å². The predicted molar refractivity (Wildman–Crippen MR) is 75.8 cm³/mol. The van der Waals surface area contributed by atoms with Crippen molar-refractivity contribution >= 4 is 0 Å². The van der Waals surface area contributed by atoms with E-state index in [4.69, 9.17) is 0 Å². The van der Waals surface area contributed by atoms with Crippen LogP contribution in [0.1, 0.15) is 86.5 Å². The standard InChI is InChI=1S/C16H34/c1-7-11-12-15(9-3)16(6,10-4)13-14(5)8-2/h14-15H,7-13H2,1-6H3.